The molecule has 7 nitrogen and oxygen atoms in total. The van der Waals surface area contributed by atoms with Crippen LogP contribution in [0.5, 0.6) is 0 Å². The van der Waals surface area contributed by atoms with Crippen LogP contribution in [0.25, 0.3) is 0 Å². The van der Waals surface area contributed by atoms with Gasteiger partial charge in [0.25, 0.3) is 5.56 Å². The molecule has 1 saturated heterocycles. The van der Waals surface area contributed by atoms with Crippen molar-refractivity contribution >= 4 is 0 Å². The molecule has 1 fully saturated rings. The van der Waals surface area contributed by atoms with E-state index in [4.69, 9.17) is 9.47 Å². The fourth-order valence-electron chi connectivity index (χ4n) is 3.66. The quantitative estimate of drug-likeness (QED) is 0.805. The van der Waals surface area contributed by atoms with Crippen LogP contribution >= 0.6 is 0 Å². The molecule has 0 radical (unpaired) electrons. The van der Waals surface area contributed by atoms with Crippen molar-refractivity contribution < 1.29 is 14.6 Å². The Morgan fingerprint density at radius 2 is 1.89 bits per heavy atom. The molecule has 1 aliphatic heterocycles. The van der Waals surface area contributed by atoms with Gasteiger partial charge in [0.1, 0.15) is 12.2 Å². The first-order valence-corrected chi connectivity index (χ1v) is 9.25. The summed E-state index contributed by atoms with van der Waals surface area (Å²) in [6, 6.07) is 9.70. The third kappa shape index (κ3) is 3.63. The molecule has 0 spiro atoms. The van der Waals surface area contributed by atoms with E-state index in [0.717, 1.165) is 5.56 Å². The van der Waals surface area contributed by atoms with E-state index < -0.39 is 35.3 Å². The summed E-state index contributed by atoms with van der Waals surface area (Å²) in [5.74, 6) is 0. The maximum atomic E-state index is 12.3. The third-order valence-electron chi connectivity index (χ3n) is 5.37. The van der Waals surface area contributed by atoms with Gasteiger partial charge in [0, 0.05) is 11.8 Å². The van der Waals surface area contributed by atoms with Crippen LogP contribution in [0.1, 0.15) is 44.0 Å². The Bertz CT molecular complexity index is 885. The monoisotopic (exact) mass is 374 g/mol. The molecule has 0 bridgehead atoms. The van der Waals surface area contributed by atoms with Crippen molar-refractivity contribution in [2.45, 2.75) is 64.3 Å². The first-order valence-electron chi connectivity index (χ1n) is 9.25. The van der Waals surface area contributed by atoms with E-state index in [1.807, 2.05) is 44.2 Å². The second-order valence-electron chi connectivity index (χ2n) is 6.97. The number of aliphatic hydroxyl groups excluding tert-OH is 1. The maximum absolute atomic E-state index is 12.3. The number of hydrogen-bond donors (Lipinski definition) is 2. The number of H-pyrrole nitrogens is 1. The predicted octanol–water partition coefficient (Wildman–Crippen LogP) is 1.88. The zero-order valence-electron chi connectivity index (χ0n) is 15.8. The summed E-state index contributed by atoms with van der Waals surface area (Å²) in [6.07, 6.45) is 0.0912. The lowest BCUT2D eigenvalue weighted by molar-refractivity contribution is -0.125. The van der Waals surface area contributed by atoms with E-state index >= 15 is 0 Å². The number of benzene rings is 1. The highest BCUT2D eigenvalue weighted by Crippen LogP contribution is 2.43. The van der Waals surface area contributed by atoms with E-state index in [1.165, 1.54) is 10.8 Å². The minimum atomic E-state index is -1.04. The highest BCUT2D eigenvalue weighted by molar-refractivity contribution is 5.14. The van der Waals surface area contributed by atoms with Crippen molar-refractivity contribution in [3.63, 3.8) is 0 Å². The van der Waals surface area contributed by atoms with E-state index in [1.54, 1.807) is 6.92 Å². The van der Waals surface area contributed by atoms with Crippen LogP contribution in [-0.2, 0) is 16.1 Å². The summed E-state index contributed by atoms with van der Waals surface area (Å²) in [5, 5.41) is 11.0. The van der Waals surface area contributed by atoms with Gasteiger partial charge in [-0.05, 0) is 25.3 Å². The zero-order chi connectivity index (χ0) is 19.6. The molecule has 7 heteroatoms. The zero-order valence-corrected chi connectivity index (χ0v) is 15.8. The van der Waals surface area contributed by atoms with Gasteiger partial charge in [-0.1, -0.05) is 44.2 Å². The molecule has 1 aromatic carbocycles. The lowest BCUT2D eigenvalue weighted by atomic mass is 9.89. The first-order chi connectivity index (χ1) is 12.9. The molecule has 1 aromatic heterocycles. The summed E-state index contributed by atoms with van der Waals surface area (Å²) in [4.78, 5) is 26.2. The molecule has 2 N–H and O–H groups in total. The minimum absolute atomic E-state index is 0.333. The topological polar surface area (TPSA) is 93.6 Å². The van der Waals surface area contributed by atoms with Gasteiger partial charge in [0.15, 0.2) is 6.23 Å². The Kier molecular flexibility index (Phi) is 5.64. The second-order valence-corrected chi connectivity index (χ2v) is 6.97. The van der Waals surface area contributed by atoms with Crippen molar-refractivity contribution in [1.82, 2.24) is 9.55 Å². The van der Waals surface area contributed by atoms with Crippen molar-refractivity contribution in [2.75, 3.05) is 0 Å². The standard InChI is InChI=1S/C20H26N2O5/c1-4-20(5-2)16(26-12-14-9-7-6-8-10-14)15(23)18(27-20)22-11-13(3)17(24)21-19(22)25/h6-11,15-16,18,23H,4-5,12H2,1-3H3,(H,21,24,25)/t15-,16?,18-/m1/s1. The molecule has 2 heterocycles. The SMILES string of the molecule is CCC1(CC)O[C@@H](n2cc(C)c(=O)[nH]c2=O)[C@H](O)C1OCc1ccccc1. The van der Waals surface area contributed by atoms with Crippen molar-refractivity contribution in [3.8, 4) is 0 Å². The normalized spacial score (nSPS) is 24.2. The van der Waals surface area contributed by atoms with E-state index in [0.29, 0.717) is 25.0 Å². The Labute approximate surface area is 157 Å². The lowest BCUT2D eigenvalue weighted by Gasteiger charge is -2.32. The number of aromatic nitrogens is 2. The van der Waals surface area contributed by atoms with Crippen molar-refractivity contribution in [1.29, 1.82) is 0 Å². The molecular formula is C20H26N2O5. The van der Waals surface area contributed by atoms with E-state index in [2.05, 4.69) is 4.98 Å². The lowest BCUT2D eigenvalue weighted by Crippen LogP contribution is -2.44. The number of aliphatic hydroxyl groups is 1. The fraction of sp³-hybridized carbons (Fsp3) is 0.500. The number of ether oxygens (including phenoxy) is 2. The largest absolute Gasteiger partial charge is 0.386 e. The maximum Gasteiger partial charge on any atom is 0.330 e. The molecule has 0 amide bonds. The smallest absolute Gasteiger partial charge is 0.330 e. The van der Waals surface area contributed by atoms with Gasteiger partial charge in [0.2, 0.25) is 0 Å². The van der Waals surface area contributed by atoms with Gasteiger partial charge < -0.3 is 14.6 Å². The van der Waals surface area contributed by atoms with Crippen molar-refractivity contribution in [3.05, 3.63) is 68.5 Å². The molecule has 1 aliphatic rings. The Morgan fingerprint density at radius 3 is 2.52 bits per heavy atom. The van der Waals surface area contributed by atoms with Crippen LogP contribution in [-0.4, -0.2) is 32.5 Å². The van der Waals surface area contributed by atoms with Gasteiger partial charge in [-0.25, -0.2) is 4.79 Å². The molecular weight excluding hydrogens is 348 g/mol. The number of hydrogen-bond acceptors (Lipinski definition) is 5. The predicted molar refractivity (Wildman–Crippen MR) is 101 cm³/mol. The summed E-state index contributed by atoms with van der Waals surface area (Å²) in [7, 11) is 0. The minimum Gasteiger partial charge on any atom is -0.386 e. The molecule has 0 aliphatic carbocycles. The average molecular weight is 374 g/mol. The van der Waals surface area contributed by atoms with Crippen LogP contribution in [0.2, 0.25) is 0 Å². The Hall–Kier alpha value is -2.22. The van der Waals surface area contributed by atoms with E-state index in [9.17, 15) is 14.7 Å². The summed E-state index contributed by atoms with van der Waals surface area (Å²) >= 11 is 0. The van der Waals surface area contributed by atoms with Crippen LogP contribution in [0, 0.1) is 6.92 Å². The van der Waals surface area contributed by atoms with E-state index in [-0.39, 0.29) is 0 Å². The van der Waals surface area contributed by atoms with Gasteiger partial charge >= 0.3 is 5.69 Å². The molecule has 2 aromatic rings. The summed E-state index contributed by atoms with van der Waals surface area (Å²) in [5.41, 5.74) is -0.413. The Balaban J connectivity index is 1.92. The summed E-state index contributed by atoms with van der Waals surface area (Å²) in [6.45, 7) is 5.88. The number of aromatic amines is 1. The molecule has 0 saturated carbocycles. The van der Waals surface area contributed by atoms with Gasteiger partial charge in [-0.15, -0.1) is 0 Å². The highest BCUT2D eigenvalue weighted by atomic mass is 16.6. The van der Waals surface area contributed by atoms with Crippen LogP contribution in [0.15, 0.2) is 46.1 Å². The molecule has 27 heavy (non-hydrogen) atoms. The first kappa shape index (κ1) is 19.5. The molecule has 3 atom stereocenters. The second kappa shape index (κ2) is 7.80. The molecule has 3 rings (SSSR count). The molecule has 146 valence electrons. The van der Waals surface area contributed by atoms with Crippen LogP contribution < -0.4 is 11.2 Å². The van der Waals surface area contributed by atoms with Gasteiger partial charge in [-0.2, -0.15) is 0 Å². The number of rotatable bonds is 6. The highest BCUT2D eigenvalue weighted by Gasteiger charge is 2.54. The van der Waals surface area contributed by atoms with Crippen LogP contribution in [0.4, 0.5) is 0 Å². The average Bonchev–Trinajstić information content (AvgIpc) is 2.96. The number of aryl methyl sites for hydroxylation is 1. The number of nitrogens with zero attached hydrogens (tertiary/aromatic N) is 1. The van der Waals surface area contributed by atoms with Gasteiger partial charge in [0.05, 0.1) is 12.2 Å². The Morgan fingerprint density at radius 1 is 1.22 bits per heavy atom. The number of nitrogens with one attached hydrogen (secondary N) is 1. The van der Waals surface area contributed by atoms with Crippen LogP contribution in [0.3, 0.4) is 0 Å². The van der Waals surface area contributed by atoms with Gasteiger partial charge in [-0.3, -0.25) is 14.3 Å². The fourth-order valence-corrected chi connectivity index (χ4v) is 3.66. The summed E-state index contributed by atoms with van der Waals surface area (Å²) < 4.78 is 13.5. The molecule has 1 unspecified atom stereocenters. The van der Waals surface area contributed by atoms with Crippen molar-refractivity contribution in [2.24, 2.45) is 0 Å². The third-order valence-corrected chi connectivity index (χ3v) is 5.37.